The van der Waals surface area contributed by atoms with Crippen LogP contribution in [-0.4, -0.2) is 51.0 Å². The number of aliphatic hydroxyl groups excluding tert-OH is 1. The molecule has 1 aliphatic rings. The number of amides is 2. The van der Waals surface area contributed by atoms with Gasteiger partial charge in [0.1, 0.15) is 11.4 Å². The van der Waals surface area contributed by atoms with E-state index in [1.54, 1.807) is 23.1 Å². The molecule has 1 unspecified atom stereocenters. The van der Waals surface area contributed by atoms with Crippen LogP contribution in [0.5, 0.6) is 0 Å². The van der Waals surface area contributed by atoms with Crippen LogP contribution in [0.1, 0.15) is 39.4 Å². The molecule has 3 heterocycles. The molecule has 1 fully saturated rings. The summed E-state index contributed by atoms with van der Waals surface area (Å²) in [5.41, 5.74) is 7.85. The van der Waals surface area contributed by atoms with Gasteiger partial charge >= 0.3 is 0 Å². The Bertz CT molecular complexity index is 1070. The summed E-state index contributed by atoms with van der Waals surface area (Å²) in [7, 11) is 0. The van der Waals surface area contributed by atoms with Crippen molar-refractivity contribution in [1.29, 1.82) is 0 Å². The van der Waals surface area contributed by atoms with Crippen molar-refractivity contribution in [2.75, 3.05) is 18.8 Å². The number of aromatic nitrogens is 2. The Hall–Kier alpha value is -3.04. The Morgan fingerprint density at radius 3 is 2.90 bits per heavy atom. The zero-order chi connectivity index (χ0) is 20.4. The highest BCUT2D eigenvalue weighted by atomic mass is 32.1. The number of nitrogens with one attached hydrogen (secondary N) is 1. The zero-order valence-corrected chi connectivity index (χ0v) is 16.5. The van der Waals surface area contributed by atoms with Crippen molar-refractivity contribution >= 4 is 38.5 Å². The molecule has 4 rings (SSSR count). The molecule has 1 aliphatic heterocycles. The number of thiazole rings is 1. The number of rotatable bonds is 4. The van der Waals surface area contributed by atoms with Crippen LogP contribution >= 0.6 is 11.3 Å². The van der Waals surface area contributed by atoms with Gasteiger partial charge in [0.15, 0.2) is 5.13 Å². The number of aliphatic hydroxyl groups is 1. The van der Waals surface area contributed by atoms with Crippen LogP contribution in [0.25, 0.3) is 10.2 Å². The van der Waals surface area contributed by atoms with Crippen molar-refractivity contribution in [2.45, 2.75) is 25.5 Å². The van der Waals surface area contributed by atoms with Gasteiger partial charge in [-0.2, -0.15) is 0 Å². The lowest BCUT2D eigenvalue weighted by atomic mass is 10.1. The Morgan fingerprint density at radius 1 is 1.24 bits per heavy atom. The summed E-state index contributed by atoms with van der Waals surface area (Å²) >= 11 is 1.40. The standard InChI is InChI=1S/C20H21N5O3S/c21-20-24-14-7-6-12(9-17(14)29-20)10-22-18(27)15-4-1-5-16(23-15)19(28)25-8-2-3-13(26)11-25/h1,4-7,9,13,26H,2-3,8,10-11H2,(H2,21,24)(H,22,27). The Balaban J connectivity index is 1.43. The first-order valence-electron chi connectivity index (χ1n) is 9.37. The molecule has 9 heteroatoms. The third kappa shape index (κ3) is 4.36. The van der Waals surface area contributed by atoms with Crippen molar-refractivity contribution in [1.82, 2.24) is 20.2 Å². The van der Waals surface area contributed by atoms with Gasteiger partial charge in [-0.05, 0) is 42.7 Å². The zero-order valence-electron chi connectivity index (χ0n) is 15.7. The maximum absolute atomic E-state index is 12.6. The fourth-order valence-electron chi connectivity index (χ4n) is 3.35. The highest BCUT2D eigenvalue weighted by Gasteiger charge is 2.24. The lowest BCUT2D eigenvalue weighted by Gasteiger charge is -2.29. The van der Waals surface area contributed by atoms with E-state index in [-0.39, 0.29) is 23.2 Å². The number of fused-ring (bicyclic) bond motifs is 1. The van der Waals surface area contributed by atoms with Crippen molar-refractivity contribution in [3.63, 3.8) is 0 Å². The summed E-state index contributed by atoms with van der Waals surface area (Å²) < 4.78 is 0.962. The third-order valence-corrected chi connectivity index (χ3v) is 5.65. The molecule has 3 aromatic rings. The molecule has 4 N–H and O–H groups in total. The monoisotopic (exact) mass is 411 g/mol. The summed E-state index contributed by atoms with van der Waals surface area (Å²) in [6.07, 6.45) is 0.938. The number of pyridine rings is 1. The number of carbonyl (C=O) groups excluding carboxylic acids is 2. The maximum atomic E-state index is 12.6. The van der Waals surface area contributed by atoms with Crippen LogP contribution in [-0.2, 0) is 6.54 Å². The number of β-amino-alcohol motifs (C(OH)–C–C–N with tert-alkyl or cyclic N) is 1. The van der Waals surface area contributed by atoms with Gasteiger partial charge in [0, 0.05) is 19.6 Å². The number of benzene rings is 1. The summed E-state index contributed by atoms with van der Waals surface area (Å²) in [6.45, 7) is 1.20. The van der Waals surface area contributed by atoms with Crippen LogP contribution in [0, 0.1) is 0 Å². The molecule has 0 spiro atoms. The molecule has 150 valence electrons. The lowest BCUT2D eigenvalue weighted by molar-refractivity contribution is 0.0469. The fourth-order valence-corrected chi connectivity index (χ4v) is 4.15. The number of nitrogens with two attached hydrogens (primary N) is 1. The molecule has 1 saturated heterocycles. The number of nitrogen functional groups attached to an aromatic ring is 1. The second-order valence-corrected chi connectivity index (χ2v) is 8.05. The maximum Gasteiger partial charge on any atom is 0.272 e. The third-order valence-electron chi connectivity index (χ3n) is 4.81. The van der Waals surface area contributed by atoms with E-state index in [2.05, 4.69) is 15.3 Å². The van der Waals surface area contributed by atoms with Gasteiger partial charge in [-0.1, -0.05) is 23.5 Å². The second-order valence-electron chi connectivity index (χ2n) is 6.99. The quantitative estimate of drug-likeness (QED) is 0.602. The van der Waals surface area contributed by atoms with Gasteiger partial charge in [0.2, 0.25) is 0 Å². The van der Waals surface area contributed by atoms with Crippen LogP contribution in [0.2, 0.25) is 0 Å². The molecular weight excluding hydrogens is 390 g/mol. The molecule has 0 radical (unpaired) electrons. The van der Waals surface area contributed by atoms with Crippen molar-refractivity contribution in [2.24, 2.45) is 0 Å². The molecule has 0 saturated carbocycles. The highest BCUT2D eigenvalue weighted by molar-refractivity contribution is 7.22. The summed E-state index contributed by atoms with van der Waals surface area (Å²) in [5.74, 6) is -0.631. The predicted molar refractivity (Wildman–Crippen MR) is 111 cm³/mol. The molecule has 2 aromatic heterocycles. The van der Waals surface area contributed by atoms with Crippen LogP contribution in [0.3, 0.4) is 0 Å². The average molecular weight is 411 g/mol. The van der Waals surface area contributed by atoms with Crippen LogP contribution < -0.4 is 11.1 Å². The predicted octanol–water partition coefficient (Wildman–Crippen LogP) is 1.80. The largest absolute Gasteiger partial charge is 0.391 e. The topological polar surface area (TPSA) is 121 Å². The number of likely N-dealkylation sites (tertiary alicyclic amines) is 1. The van der Waals surface area contributed by atoms with Gasteiger partial charge in [0.25, 0.3) is 11.8 Å². The van der Waals surface area contributed by atoms with Gasteiger partial charge < -0.3 is 21.1 Å². The molecule has 8 nitrogen and oxygen atoms in total. The molecule has 1 aromatic carbocycles. The average Bonchev–Trinajstić information content (AvgIpc) is 3.10. The number of piperidine rings is 1. The minimum atomic E-state index is -0.509. The van der Waals surface area contributed by atoms with Crippen molar-refractivity contribution in [3.8, 4) is 0 Å². The van der Waals surface area contributed by atoms with Gasteiger partial charge in [-0.25, -0.2) is 9.97 Å². The van der Waals surface area contributed by atoms with Crippen LogP contribution in [0.4, 0.5) is 5.13 Å². The number of anilines is 1. The lowest BCUT2D eigenvalue weighted by Crippen LogP contribution is -2.42. The Labute approximate surface area is 171 Å². The first kappa shape index (κ1) is 19.3. The van der Waals surface area contributed by atoms with Gasteiger partial charge in [-0.15, -0.1) is 0 Å². The smallest absolute Gasteiger partial charge is 0.272 e. The van der Waals surface area contributed by atoms with Crippen molar-refractivity contribution in [3.05, 3.63) is 53.3 Å². The van der Waals surface area contributed by atoms with E-state index in [9.17, 15) is 14.7 Å². The molecule has 0 aliphatic carbocycles. The Morgan fingerprint density at radius 2 is 2.07 bits per heavy atom. The number of hydrogen-bond donors (Lipinski definition) is 3. The summed E-state index contributed by atoms with van der Waals surface area (Å²) in [6, 6.07) is 10.5. The number of hydrogen-bond acceptors (Lipinski definition) is 7. The Kier molecular flexibility index (Phi) is 5.41. The summed E-state index contributed by atoms with van der Waals surface area (Å²) in [4.78, 5) is 35.2. The molecule has 2 amide bonds. The number of nitrogens with zero attached hydrogens (tertiary/aromatic N) is 3. The van der Waals surface area contributed by atoms with E-state index >= 15 is 0 Å². The van der Waals surface area contributed by atoms with E-state index < -0.39 is 6.10 Å². The highest BCUT2D eigenvalue weighted by Crippen LogP contribution is 2.24. The first-order valence-corrected chi connectivity index (χ1v) is 10.2. The van der Waals surface area contributed by atoms with Gasteiger partial charge in [-0.3, -0.25) is 9.59 Å². The minimum Gasteiger partial charge on any atom is -0.391 e. The normalized spacial score (nSPS) is 16.7. The van der Waals surface area contributed by atoms with Crippen LogP contribution in [0.15, 0.2) is 36.4 Å². The number of carbonyl (C=O) groups is 2. The first-order chi connectivity index (χ1) is 14.0. The molecule has 29 heavy (non-hydrogen) atoms. The molecular formula is C20H21N5O3S. The van der Waals surface area contributed by atoms with Gasteiger partial charge in [0.05, 0.1) is 16.3 Å². The minimum absolute atomic E-state index is 0.177. The van der Waals surface area contributed by atoms with E-state index in [4.69, 9.17) is 5.73 Å². The molecule has 0 bridgehead atoms. The molecule has 1 atom stereocenters. The van der Waals surface area contributed by atoms with E-state index in [1.807, 2.05) is 18.2 Å². The SMILES string of the molecule is Nc1nc2ccc(CNC(=O)c3cccc(C(=O)N4CCCC(O)C4)n3)cc2s1. The second kappa shape index (κ2) is 8.14. The fraction of sp³-hybridized carbons (Fsp3) is 0.300. The summed E-state index contributed by atoms with van der Waals surface area (Å²) in [5, 5.41) is 13.1. The van der Waals surface area contributed by atoms with Crippen molar-refractivity contribution < 1.29 is 14.7 Å². The van der Waals surface area contributed by atoms with E-state index in [0.717, 1.165) is 22.2 Å². The van der Waals surface area contributed by atoms with E-state index in [1.165, 1.54) is 11.3 Å². The van der Waals surface area contributed by atoms with E-state index in [0.29, 0.717) is 31.2 Å².